The summed E-state index contributed by atoms with van der Waals surface area (Å²) < 4.78 is 0. The number of benzene rings is 1. The number of nitrogens with one attached hydrogen (secondary N) is 1. The number of nitrogens with zero attached hydrogens (tertiary/aromatic N) is 2. The van der Waals surface area contributed by atoms with Crippen molar-refractivity contribution in [2.24, 2.45) is 11.3 Å². The summed E-state index contributed by atoms with van der Waals surface area (Å²) in [5, 5.41) is 2.95. The highest BCUT2D eigenvalue weighted by Crippen LogP contribution is 2.46. The molecule has 158 valence electrons. The number of hydrogen-bond acceptors (Lipinski definition) is 3. The topological polar surface area (TPSA) is 69.7 Å². The Labute approximate surface area is 173 Å². The van der Waals surface area contributed by atoms with E-state index in [0.29, 0.717) is 25.3 Å². The van der Waals surface area contributed by atoms with Crippen molar-refractivity contribution in [3.05, 3.63) is 35.9 Å². The van der Waals surface area contributed by atoms with Crippen LogP contribution in [0.4, 0.5) is 4.79 Å². The number of carbonyl (C=O) groups is 3. The summed E-state index contributed by atoms with van der Waals surface area (Å²) in [6.45, 7) is 10.5. The van der Waals surface area contributed by atoms with E-state index in [4.69, 9.17) is 0 Å². The fourth-order valence-electron chi connectivity index (χ4n) is 5.21. The average molecular weight is 400 g/mol. The number of rotatable bonds is 5. The van der Waals surface area contributed by atoms with Crippen molar-refractivity contribution in [2.45, 2.75) is 72.0 Å². The lowest BCUT2D eigenvalue weighted by Gasteiger charge is -2.43. The summed E-state index contributed by atoms with van der Waals surface area (Å²) in [7, 11) is 0. The highest BCUT2D eigenvalue weighted by atomic mass is 16.2. The molecule has 6 nitrogen and oxygen atoms in total. The van der Waals surface area contributed by atoms with Gasteiger partial charge >= 0.3 is 6.03 Å². The van der Waals surface area contributed by atoms with E-state index in [1.54, 1.807) is 4.90 Å². The van der Waals surface area contributed by atoms with Crippen LogP contribution in [0.15, 0.2) is 30.3 Å². The second kappa shape index (κ2) is 7.81. The first kappa shape index (κ1) is 21.3. The molecule has 1 aliphatic carbocycles. The Balaban J connectivity index is 1.75. The number of hydrogen-bond donors (Lipinski definition) is 1. The van der Waals surface area contributed by atoms with Gasteiger partial charge in [0.2, 0.25) is 5.91 Å². The summed E-state index contributed by atoms with van der Waals surface area (Å²) in [5.41, 5.74) is 0.115. The minimum atomic E-state index is -0.874. The van der Waals surface area contributed by atoms with E-state index in [0.717, 1.165) is 16.9 Å². The van der Waals surface area contributed by atoms with Crippen LogP contribution in [0.5, 0.6) is 0 Å². The van der Waals surface area contributed by atoms with Crippen LogP contribution in [0.1, 0.15) is 59.4 Å². The largest absolute Gasteiger partial charge is 0.334 e. The smallest absolute Gasteiger partial charge is 0.325 e. The molecule has 2 aliphatic rings. The van der Waals surface area contributed by atoms with Gasteiger partial charge in [-0.25, -0.2) is 4.79 Å². The van der Waals surface area contributed by atoms with E-state index in [-0.39, 0.29) is 29.8 Å². The van der Waals surface area contributed by atoms with Crippen molar-refractivity contribution in [3.63, 3.8) is 0 Å². The predicted octanol–water partition coefficient (Wildman–Crippen LogP) is 3.56. The normalized spacial score (nSPS) is 26.1. The molecule has 2 fully saturated rings. The van der Waals surface area contributed by atoms with Gasteiger partial charge in [0.25, 0.3) is 5.91 Å². The van der Waals surface area contributed by atoms with Crippen LogP contribution in [0.2, 0.25) is 0 Å². The van der Waals surface area contributed by atoms with Crippen molar-refractivity contribution in [1.29, 1.82) is 0 Å². The van der Waals surface area contributed by atoms with Crippen LogP contribution >= 0.6 is 0 Å². The highest BCUT2D eigenvalue weighted by molar-refractivity contribution is 6.09. The zero-order valence-electron chi connectivity index (χ0n) is 18.2. The average Bonchev–Trinajstić information content (AvgIpc) is 2.81. The van der Waals surface area contributed by atoms with E-state index < -0.39 is 11.6 Å². The van der Waals surface area contributed by atoms with Gasteiger partial charge in [0, 0.05) is 12.6 Å². The van der Waals surface area contributed by atoms with Crippen LogP contribution in [-0.2, 0) is 16.1 Å². The van der Waals surface area contributed by atoms with Gasteiger partial charge in [-0.2, -0.15) is 0 Å². The molecule has 1 heterocycles. The monoisotopic (exact) mass is 399 g/mol. The second-order valence-electron chi connectivity index (χ2n) is 9.86. The molecular formula is C23H33N3O3. The maximum absolute atomic E-state index is 13.3. The van der Waals surface area contributed by atoms with Gasteiger partial charge in [-0.3, -0.25) is 14.5 Å². The van der Waals surface area contributed by atoms with Crippen LogP contribution in [0.25, 0.3) is 0 Å². The summed E-state index contributed by atoms with van der Waals surface area (Å²) in [6.07, 6.45) is 2.26. The molecule has 0 radical (unpaired) electrons. The standard InChI is InChI=1S/C23H33N3O3/c1-16(2)25(13-18-9-7-6-8-10-18)19(27)14-26-20(28)23(24-21(26)29)12-17(3)11-22(4,5)15-23/h6-10,16-17H,11-15H2,1-5H3,(H,24,29). The first-order valence-electron chi connectivity index (χ1n) is 10.5. The molecular weight excluding hydrogens is 366 g/mol. The second-order valence-corrected chi connectivity index (χ2v) is 9.86. The molecule has 0 bridgehead atoms. The lowest BCUT2D eigenvalue weighted by atomic mass is 9.64. The lowest BCUT2D eigenvalue weighted by molar-refractivity contribution is -0.142. The molecule has 1 aromatic carbocycles. The van der Waals surface area contributed by atoms with Gasteiger partial charge in [-0.1, -0.05) is 51.1 Å². The van der Waals surface area contributed by atoms with Gasteiger partial charge in [0.1, 0.15) is 12.1 Å². The quantitative estimate of drug-likeness (QED) is 0.770. The maximum Gasteiger partial charge on any atom is 0.325 e. The van der Waals surface area contributed by atoms with Crippen molar-refractivity contribution >= 4 is 17.8 Å². The fourth-order valence-corrected chi connectivity index (χ4v) is 5.21. The molecule has 1 aromatic rings. The lowest BCUT2D eigenvalue weighted by Crippen LogP contribution is -2.54. The minimum Gasteiger partial charge on any atom is -0.334 e. The Morgan fingerprint density at radius 1 is 1.21 bits per heavy atom. The molecule has 0 aromatic heterocycles. The molecule has 29 heavy (non-hydrogen) atoms. The zero-order valence-corrected chi connectivity index (χ0v) is 18.2. The highest BCUT2D eigenvalue weighted by Gasteiger charge is 2.56. The third-order valence-corrected chi connectivity index (χ3v) is 6.06. The van der Waals surface area contributed by atoms with E-state index in [1.807, 2.05) is 44.2 Å². The zero-order chi connectivity index (χ0) is 21.4. The van der Waals surface area contributed by atoms with Crippen molar-refractivity contribution in [2.75, 3.05) is 6.54 Å². The summed E-state index contributed by atoms with van der Waals surface area (Å²) in [5.74, 6) is -0.129. The summed E-state index contributed by atoms with van der Waals surface area (Å²) in [6, 6.07) is 9.26. The van der Waals surface area contributed by atoms with Gasteiger partial charge in [0.15, 0.2) is 0 Å². The molecule has 1 saturated heterocycles. The molecule has 1 aliphatic heterocycles. The first-order valence-corrected chi connectivity index (χ1v) is 10.5. The van der Waals surface area contributed by atoms with Crippen LogP contribution in [0.3, 0.4) is 0 Å². The number of imide groups is 1. The van der Waals surface area contributed by atoms with E-state index in [1.165, 1.54) is 0 Å². The first-order chi connectivity index (χ1) is 13.5. The van der Waals surface area contributed by atoms with Gasteiger partial charge in [-0.05, 0) is 50.0 Å². The van der Waals surface area contributed by atoms with Crippen molar-refractivity contribution < 1.29 is 14.4 Å². The van der Waals surface area contributed by atoms with E-state index in [2.05, 4.69) is 26.1 Å². The maximum atomic E-state index is 13.3. The number of amides is 4. The van der Waals surface area contributed by atoms with Crippen molar-refractivity contribution in [3.8, 4) is 0 Å². The van der Waals surface area contributed by atoms with Gasteiger partial charge in [0.05, 0.1) is 0 Å². The van der Waals surface area contributed by atoms with Gasteiger partial charge in [-0.15, -0.1) is 0 Å². The Morgan fingerprint density at radius 3 is 2.45 bits per heavy atom. The number of urea groups is 1. The Hall–Kier alpha value is -2.37. The van der Waals surface area contributed by atoms with E-state index in [9.17, 15) is 14.4 Å². The SMILES string of the molecule is CC1CC(C)(C)CC2(C1)NC(=O)N(CC(=O)N(Cc1ccccc1)C(C)C)C2=O. The molecule has 1 spiro atoms. The third kappa shape index (κ3) is 4.46. The molecule has 4 amide bonds. The molecule has 2 atom stereocenters. The minimum absolute atomic E-state index is 0.0299. The van der Waals surface area contributed by atoms with E-state index >= 15 is 0 Å². The van der Waals surface area contributed by atoms with Crippen LogP contribution < -0.4 is 5.32 Å². The third-order valence-electron chi connectivity index (χ3n) is 6.06. The Kier molecular flexibility index (Phi) is 5.74. The fraction of sp³-hybridized carbons (Fsp3) is 0.609. The van der Waals surface area contributed by atoms with Crippen LogP contribution in [-0.4, -0.2) is 45.8 Å². The van der Waals surface area contributed by atoms with Crippen molar-refractivity contribution in [1.82, 2.24) is 15.1 Å². The molecule has 2 unspecified atom stereocenters. The summed E-state index contributed by atoms with van der Waals surface area (Å²) in [4.78, 5) is 41.9. The molecule has 3 rings (SSSR count). The van der Waals surface area contributed by atoms with Crippen LogP contribution in [0, 0.1) is 11.3 Å². The Morgan fingerprint density at radius 2 is 1.86 bits per heavy atom. The van der Waals surface area contributed by atoms with Gasteiger partial charge < -0.3 is 10.2 Å². The summed E-state index contributed by atoms with van der Waals surface area (Å²) >= 11 is 0. The predicted molar refractivity (Wildman–Crippen MR) is 112 cm³/mol. The molecule has 1 N–H and O–H groups in total. The molecule has 6 heteroatoms. The molecule has 1 saturated carbocycles. The number of carbonyl (C=O) groups excluding carboxylic acids is 3. The Bertz CT molecular complexity index is 790.